The Kier molecular flexibility index (Phi) is 11.0. The topological polar surface area (TPSA) is 86.3 Å². The van der Waals surface area contributed by atoms with E-state index in [1.54, 1.807) is 26.8 Å². The van der Waals surface area contributed by atoms with Crippen LogP contribution in [-0.2, 0) is 22.5 Å². The number of methoxy groups -OCH3 is 1. The number of aliphatic hydroxyl groups is 1. The van der Waals surface area contributed by atoms with Gasteiger partial charge in [0.15, 0.2) is 0 Å². The fourth-order valence-corrected chi connectivity index (χ4v) is 4.31. The van der Waals surface area contributed by atoms with Gasteiger partial charge in [-0.05, 0) is 75.4 Å². The van der Waals surface area contributed by atoms with Crippen LogP contribution in [0.5, 0.6) is 17.2 Å². The van der Waals surface area contributed by atoms with Crippen LogP contribution in [0.4, 0.5) is 4.79 Å². The fraction of sp³-hybridized carbons (Fsp3) is 0.387. The zero-order valence-corrected chi connectivity index (χ0v) is 23.8. The molecular formula is C31H38ClNO6. The molecule has 1 atom stereocenters. The Morgan fingerprint density at radius 1 is 0.949 bits per heavy atom. The van der Waals surface area contributed by atoms with Gasteiger partial charge >= 0.3 is 6.09 Å². The number of halogens is 1. The van der Waals surface area contributed by atoms with Gasteiger partial charge in [0.25, 0.3) is 0 Å². The number of aryl methyl sites for hydroxylation is 1. The molecule has 0 aliphatic carbocycles. The molecule has 0 aliphatic heterocycles. The van der Waals surface area contributed by atoms with Crippen molar-refractivity contribution in [3.8, 4) is 17.2 Å². The molecule has 1 unspecified atom stereocenters. The van der Waals surface area contributed by atoms with Gasteiger partial charge < -0.3 is 29.4 Å². The average Bonchev–Trinajstić information content (AvgIpc) is 2.88. The number of ether oxygens (including phenoxy) is 4. The summed E-state index contributed by atoms with van der Waals surface area (Å²) < 4.78 is 22.6. The molecule has 210 valence electrons. The summed E-state index contributed by atoms with van der Waals surface area (Å²) in [5.41, 5.74) is 0.419. The van der Waals surface area contributed by atoms with Crippen LogP contribution in [0.25, 0.3) is 0 Å². The van der Waals surface area contributed by atoms with Crippen molar-refractivity contribution >= 4 is 17.7 Å². The number of rotatable bonds is 13. The number of aliphatic hydroxyl groups excluding tert-OH is 1. The lowest BCUT2D eigenvalue weighted by Gasteiger charge is -2.33. The first-order valence-corrected chi connectivity index (χ1v) is 13.3. The third kappa shape index (κ3) is 10.1. The van der Waals surface area contributed by atoms with Crippen LogP contribution in [-0.4, -0.2) is 42.7 Å². The van der Waals surface area contributed by atoms with Crippen LogP contribution in [0.1, 0.15) is 44.7 Å². The Labute approximate surface area is 236 Å². The lowest BCUT2D eigenvalue weighted by Crippen LogP contribution is -2.55. The lowest BCUT2D eigenvalue weighted by molar-refractivity contribution is 0.0196. The Hall–Kier alpha value is -3.26. The predicted octanol–water partition coefficient (Wildman–Crippen LogP) is 6.94. The average molecular weight is 556 g/mol. The van der Waals surface area contributed by atoms with E-state index in [-0.39, 0.29) is 13.2 Å². The zero-order valence-electron chi connectivity index (χ0n) is 23.0. The van der Waals surface area contributed by atoms with Crippen molar-refractivity contribution in [2.24, 2.45) is 0 Å². The number of hydrogen-bond acceptors (Lipinski definition) is 6. The Morgan fingerprint density at radius 2 is 1.67 bits per heavy atom. The number of hydrogen-bond donors (Lipinski definition) is 2. The van der Waals surface area contributed by atoms with Crippen molar-refractivity contribution in [2.45, 2.75) is 57.8 Å². The van der Waals surface area contributed by atoms with Crippen molar-refractivity contribution in [3.63, 3.8) is 0 Å². The fourth-order valence-electron chi connectivity index (χ4n) is 4.05. The number of amides is 1. The molecule has 0 heterocycles. The summed E-state index contributed by atoms with van der Waals surface area (Å²) in [6, 6.07) is 23.0. The van der Waals surface area contributed by atoms with Crippen molar-refractivity contribution in [2.75, 3.05) is 20.3 Å². The minimum absolute atomic E-state index is 0.150. The van der Waals surface area contributed by atoms with Gasteiger partial charge in [-0.25, -0.2) is 4.79 Å². The smallest absolute Gasteiger partial charge is 0.408 e. The lowest BCUT2D eigenvalue weighted by atomic mass is 9.93. The van der Waals surface area contributed by atoms with Gasteiger partial charge in [0.05, 0.1) is 18.8 Å². The third-order valence-corrected chi connectivity index (χ3v) is 6.26. The highest BCUT2D eigenvalue weighted by molar-refractivity contribution is 6.31. The van der Waals surface area contributed by atoms with Crippen molar-refractivity contribution < 1.29 is 28.8 Å². The monoisotopic (exact) mass is 555 g/mol. The van der Waals surface area contributed by atoms with Crippen LogP contribution in [0.3, 0.4) is 0 Å². The SMILES string of the molecule is COCC(CO)(CCCc1ccc(Oc2cccc(OCc3ccccc3)c2)cc1Cl)NC(=O)OC(C)(C)C. The standard InChI is InChI=1S/C31H38ClNO6/c1-30(2,3)39-29(35)33-31(21-34,22-36-4)17-9-12-24-15-16-27(19-28(24)32)38-26-14-8-13-25(18-26)37-20-23-10-6-5-7-11-23/h5-8,10-11,13-16,18-19,34H,9,12,17,20-22H2,1-4H3,(H,33,35). The molecule has 0 saturated heterocycles. The van der Waals surface area contributed by atoms with Gasteiger partial charge in [0.2, 0.25) is 0 Å². The van der Waals surface area contributed by atoms with Gasteiger partial charge in [-0.3, -0.25) is 0 Å². The number of carbonyl (C=O) groups is 1. The normalized spacial score (nSPS) is 12.9. The van der Waals surface area contributed by atoms with Crippen LogP contribution in [0, 0.1) is 0 Å². The Balaban J connectivity index is 1.57. The van der Waals surface area contributed by atoms with Crippen LogP contribution >= 0.6 is 11.6 Å². The minimum Gasteiger partial charge on any atom is -0.489 e. The van der Waals surface area contributed by atoms with Crippen LogP contribution in [0.2, 0.25) is 5.02 Å². The summed E-state index contributed by atoms with van der Waals surface area (Å²) in [5.74, 6) is 1.96. The summed E-state index contributed by atoms with van der Waals surface area (Å²) in [6.07, 6.45) is 1.17. The Morgan fingerprint density at radius 3 is 2.33 bits per heavy atom. The van der Waals surface area contributed by atoms with Gasteiger partial charge in [-0.1, -0.05) is 54.1 Å². The first-order valence-electron chi connectivity index (χ1n) is 13.0. The molecule has 0 aliphatic rings. The van der Waals surface area contributed by atoms with Gasteiger partial charge in [-0.15, -0.1) is 0 Å². The molecule has 7 nitrogen and oxygen atoms in total. The molecule has 3 aromatic rings. The Bertz CT molecular complexity index is 1200. The van der Waals surface area contributed by atoms with E-state index < -0.39 is 17.2 Å². The third-order valence-electron chi connectivity index (χ3n) is 5.90. The molecule has 0 bridgehead atoms. The summed E-state index contributed by atoms with van der Waals surface area (Å²) in [5, 5.41) is 13.5. The first-order chi connectivity index (χ1) is 18.6. The summed E-state index contributed by atoms with van der Waals surface area (Å²) in [4.78, 5) is 12.4. The van der Waals surface area contributed by atoms with E-state index in [4.69, 9.17) is 30.5 Å². The highest BCUT2D eigenvalue weighted by Crippen LogP contribution is 2.30. The molecular weight excluding hydrogens is 518 g/mol. The second-order valence-corrected chi connectivity index (χ2v) is 10.9. The van der Waals surface area contributed by atoms with Gasteiger partial charge in [0, 0.05) is 18.2 Å². The second kappa shape index (κ2) is 14.2. The predicted molar refractivity (Wildman–Crippen MR) is 153 cm³/mol. The van der Waals surface area contributed by atoms with E-state index >= 15 is 0 Å². The van der Waals surface area contributed by atoms with E-state index in [9.17, 15) is 9.90 Å². The molecule has 1 amide bonds. The van der Waals surface area contributed by atoms with Crippen molar-refractivity contribution in [1.82, 2.24) is 5.32 Å². The molecule has 3 rings (SSSR count). The molecule has 0 spiro atoms. The summed E-state index contributed by atoms with van der Waals surface area (Å²) in [6.45, 7) is 5.70. The van der Waals surface area contributed by atoms with E-state index in [1.807, 2.05) is 66.7 Å². The maximum atomic E-state index is 12.4. The highest BCUT2D eigenvalue weighted by Gasteiger charge is 2.33. The van der Waals surface area contributed by atoms with E-state index in [0.717, 1.165) is 11.1 Å². The molecule has 0 aromatic heterocycles. The van der Waals surface area contributed by atoms with Crippen LogP contribution in [0.15, 0.2) is 72.8 Å². The van der Waals surface area contributed by atoms with E-state index in [2.05, 4.69) is 5.32 Å². The van der Waals surface area contributed by atoms with Gasteiger partial charge in [0.1, 0.15) is 29.5 Å². The second-order valence-electron chi connectivity index (χ2n) is 10.5. The van der Waals surface area contributed by atoms with Crippen molar-refractivity contribution in [3.05, 3.63) is 88.9 Å². The first kappa shape index (κ1) is 30.3. The van der Waals surface area contributed by atoms with E-state index in [0.29, 0.717) is 48.1 Å². The molecule has 3 aromatic carbocycles. The molecule has 0 radical (unpaired) electrons. The molecule has 0 fully saturated rings. The molecule has 8 heteroatoms. The minimum atomic E-state index is -0.958. The van der Waals surface area contributed by atoms with E-state index in [1.165, 1.54) is 7.11 Å². The summed E-state index contributed by atoms with van der Waals surface area (Å²) in [7, 11) is 1.53. The number of carbonyl (C=O) groups excluding carboxylic acids is 1. The van der Waals surface area contributed by atoms with Gasteiger partial charge in [-0.2, -0.15) is 0 Å². The number of nitrogens with one attached hydrogen (secondary N) is 1. The van der Waals surface area contributed by atoms with Crippen LogP contribution < -0.4 is 14.8 Å². The van der Waals surface area contributed by atoms with Crippen molar-refractivity contribution in [1.29, 1.82) is 0 Å². The molecule has 0 saturated carbocycles. The highest BCUT2D eigenvalue weighted by atomic mass is 35.5. The zero-order chi connectivity index (χ0) is 28.3. The largest absolute Gasteiger partial charge is 0.489 e. The molecule has 2 N–H and O–H groups in total. The summed E-state index contributed by atoms with van der Waals surface area (Å²) >= 11 is 6.58. The number of alkyl carbamates (subject to hydrolysis) is 1. The quantitative estimate of drug-likeness (QED) is 0.238. The molecule has 39 heavy (non-hydrogen) atoms. The maximum Gasteiger partial charge on any atom is 0.408 e. The number of benzene rings is 3. The maximum absolute atomic E-state index is 12.4.